The molecule has 2 aromatic carbocycles. The van der Waals surface area contributed by atoms with Gasteiger partial charge < -0.3 is 9.73 Å². The summed E-state index contributed by atoms with van der Waals surface area (Å²) < 4.78 is 45.3. The van der Waals surface area contributed by atoms with Gasteiger partial charge in [-0.2, -0.15) is 13.2 Å². The van der Waals surface area contributed by atoms with Gasteiger partial charge in [-0.25, -0.2) is 4.98 Å². The van der Waals surface area contributed by atoms with Crippen molar-refractivity contribution >= 4 is 5.91 Å². The summed E-state index contributed by atoms with van der Waals surface area (Å²) in [5, 5.41) is 2.77. The van der Waals surface area contributed by atoms with Gasteiger partial charge in [0.15, 0.2) is 5.69 Å². The summed E-state index contributed by atoms with van der Waals surface area (Å²) in [5.74, 6) is -0.106. The number of pyridine rings is 1. The molecule has 0 radical (unpaired) electrons. The molecule has 4 rings (SSSR count). The molecular weight excluding hydrogens is 469 g/mol. The first kappa shape index (κ1) is 25.1. The minimum Gasteiger partial charge on any atom is -0.447 e. The summed E-state index contributed by atoms with van der Waals surface area (Å²) in [6.45, 7) is 2.68. The number of nitrogens with one attached hydrogen (secondary N) is 1. The molecular formula is C27H25F3N4O2. The van der Waals surface area contributed by atoms with Gasteiger partial charge >= 0.3 is 6.18 Å². The third-order valence-electron chi connectivity index (χ3n) is 5.77. The van der Waals surface area contributed by atoms with Crippen molar-refractivity contribution in [2.45, 2.75) is 38.8 Å². The van der Waals surface area contributed by atoms with Crippen molar-refractivity contribution in [3.05, 3.63) is 119 Å². The quantitative estimate of drug-likeness (QED) is 0.319. The Hall–Kier alpha value is -3.98. The van der Waals surface area contributed by atoms with E-state index >= 15 is 0 Å². The van der Waals surface area contributed by atoms with Crippen molar-refractivity contribution in [2.75, 3.05) is 0 Å². The van der Waals surface area contributed by atoms with Gasteiger partial charge in [-0.15, -0.1) is 0 Å². The number of alkyl halides is 3. The number of oxazole rings is 1. The molecule has 9 heteroatoms. The highest BCUT2D eigenvalue weighted by atomic mass is 19.4. The molecule has 0 saturated carbocycles. The number of carbonyl (C=O) groups excluding carboxylic acids is 1. The average molecular weight is 495 g/mol. The minimum absolute atomic E-state index is 0.125. The Kier molecular flexibility index (Phi) is 7.80. The van der Waals surface area contributed by atoms with E-state index in [1.165, 1.54) is 12.3 Å². The Morgan fingerprint density at radius 1 is 1.03 bits per heavy atom. The first-order valence-electron chi connectivity index (χ1n) is 11.4. The number of amides is 1. The van der Waals surface area contributed by atoms with Crippen LogP contribution in [0.25, 0.3) is 0 Å². The second-order valence-electron chi connectivity index (χ2n) is 8.36. The lowest BCUT2D eigenvalue weighted by Crippen LogP contribution is -2.27. The number of benzene rings is 2. The van der Waals surface area contributed by atoms with Gasteiger partial charge in [0.05, 0.1) is 12.1 Å². The molecule has 0 fully saturated rings. The lowest BCUT2D eigenvalue weighted by atomic mass is 10.0. The van der Waals surface area contributed by atoms with Gasteiger partial charge in [-0.3, -0.25) is 14.7 Å². The molecule has 1 atom stereocenters. The fourth-order valence-electron chi connectivity index (χ4n) is 3.79. The molecule has 2 heterocycles. The zero-order chi connectivity index (χ0) is 25.5. The number of hydrogen-bond donors (Lipinski definition) is 1. The van der Waals surface area contributed by atoms with Gasteiger partial charge in [0.2, 0.25) is 5.89 Å². The van der Waals surface area contributed by atoms with Crippen LogP contribution >= 0.6 is 0 Å². The van der Waals surface area contributed by atoms with Gasteiger partial charge in [-0.05, 0) is 35.7 Å². The SMILES string of the molecule is C[C@H](c1ccccc1)N(Cc1cccc(C(F)(F)F)c1)Cc1nc(C(=O)NCc2cccnc2)co1. The normalized spacial score (nSPS) is 12.5. The van der Waals surface area contributed by atoms with Crippen LogP contribution in [0, 0.1) is 0 Å². The maximum absolute atomic E-state index is 13.2. The summed E-state index contributed by atoms with van der Waals surface area (Å²) in [4.78, 5) is 22.8. The molecule has 0 saturated heterocycles. The average Bonchev–Trinajstić information content (AvgIpc) is 3.36. The van der Waals surface area contributed by atoms with Crippen LogP contribution in [0.2, 0.25) is 0 Å². The molecule has 0 spiro atoms. The highest BCUT2D eigenvalue weighted by Crippen LogP contribution is 2.31. The first-order valence-corrected chi connectivity index (χ1v) is 11.4. The van der Waals surface area contributed by atoms with Gasteiger partial charge in [0, 0.05) is 31.5 Å². The number of aromatic nitrogens is 2. The minimum atomic E-state index is -4.42. The smallest absolute Gasteiger partial charge is 0.416 e. The molecule has 2 aromatic heterocycles. The van der Waals surface area contributed by atoms with Crippen LogP contribution < -0.4 is 5.32 Å². The summed E-state index contributed by atoms with van der Waals surface area (Å²) >= 11 is 0. The summed E-state index contributed by atoms with van der Waals surface area (Å²) in [6, 6.07) is 18.4. The molecule has 0 aliphatic rings. The largest absolute Gasteiger partial charge is 0.447 e. The Labute approximate surface area is 206 Å². The van der Waals surface area contributed by atoms with Crippen molar-refractivity contribution in [1.82, 2.24) is 20.2 Å². The van der Waals surface area contributed by atoms with E-state index in [1.54, 1.807) is 24.5 Å². The van der Waals surface area contributed by atoms with Crippen LogP contribution in [0.5, 0.6) is 0 Å². The van der Waals surface area contributed by atoms with Crippen LogP contribution in [0.4, 0.5) is 13.2 Å². The molecule has 1 amide bonds. The Balaban J connectivity index is 1.51. The first-order chi connectivity index (χ1) is 17.3. The Morgan fingerprint density at radius 3 is 2.53 bits per heavy atom. The number of hydrogen-bond acceptors (Lipinski definition) is 5. The van der Waals surface area contributed by atoms with Crippen LogP contribution in [0.3, 0.4) is 0 Å². The van der Waals surface area contributed by atoms with E-state index in [-0.39, 0.29) is 30.7 Å². The van der Waals surface area contributed by atoms with E-state index in [0.717, 1.165) is 23.3 Å². The monoisotopic (exact) mass is 494 g/mol. The van der Waals surface area contributed by atoms with Crippen LogP contribution in [-0.2, 0) is 25.8 Å². The molecule has 0 unspecified atom stereocenters. The molecule has 36 heavy (non-hydrogen) atoms. The van der Waals surface area contributed by atoms with Crippen molar-refractivity contribution < 1.29 is 22.4 Å². The molecule has 6 nitrogen and oxygen atoms in total. The molecule has 0 aliphatic carbocycles. The summed E-state index contributed by atoms with van der Waals surface area (Å²) in [6.07, 6.45) is 0.165. The van der Waals surface area contributed by atoms with Crippen molar-refractivity contribution in [3.8, 4) is 0 Å². The van der Waals surface area contributed by atoms with Crippen LogP contribution in [0.15, 0.2) is 89.8 Å². The van der Waals surface area contributed by atoms with E-state index in [1.807, 2.05) is 48.2 Å². The zero-order valence-electron chi connectivity index (χ0n) is 19.6. The number of rotatable bonds is 9. The van der Waals surface area contributed by atoms with Crippen molar-refractivity contribution in [2.24, 2.45) is 0 Å². The highest BCUT2D eigenvalue weighted by molar-refractivity contribution is 5.91. The van der Waals surface area contributed by atoms with Crippen molar-refractivity contribution in [1.29, 1.82) is 0 Å². The third kappa shape index (κ3) is 6.57. The molecule has 4 aromatic rings. The zero-order valence-corrected chi connectivity index (χ0v) is 19.6. The lowest BCUT2D eigenvalue weighted by Gasteiger charge is -2.28. The maximum Gasteiger partial charge on any atom is 0.416 e. The van der Waals surface area contributed by atoms with Gasteiger partial charge in [0.25, 0.3) is 5.91 Å². The van der Waals surface area contributed by atoms with E-state index in [2.05, 4.69) is 15.3 Å². The standard InChI is InChI=1S/C27H25F3N4O2/c1-19(22-9-3-2-4-10-22)34(16-20-7-5-11-23(13-20)27(28,29)30)17-25-33-24(18-36-25)26(35)32-15-21-8-6-12-31-14-21/h2-14,18-19H,15-17H2,1H3,(H,32,35)/t19-/m1/s1. The van der Waals surface area contributed by atoms with E-state index in [4.69, 9.17) is 4.42 Å². The molecule has 1 N–H and O–H groups in total. The van der Waals surface area contributed by atoms with E-state index in [0.29, 0.717) is 12.1 Å². The van der Waals surface area contributed by atoms with Crippen molar-refractivity contribution in [3.63, 3.8) is 0 Å². The molecule has 0 bridgehead atoms. The number of carbonyl (C=O) groups is 1. The second kappa shape index (κ2) is 11.2. The predicted molar refractivity (Wildman–Crippen MR) is 127 cm³/mol. The van der Waals surface area contributed by atoms with Gasteiger partial charge in [0.1, 0.15) is 6.26 Å². The Morgan fingerprint density at radius 2 is 1.81 bits per heavy atom. The third-order valence-corrected chi connectivity index (χ3v) is 5.77. The maximum atomic E-state index is 13.2. The fourth-order valence-corrected chi connectivity index (χ4v) is 3.79. The Bertz CT molecular complexity index is 1280. The predicted octanol–water partition coefficient (Wildman–Crippen LogP) is 5.78. The molecule has 0 aliphatic heterocycles. The molecule has 186 valence electrons. The van der Waals surface area contributed by atoms with E-state index < -0.39 is 17.6 Å². The van der Waals surface area contributed by atoms with Crippen LogP contribution in [0.1, 0.15) is 51.6 Å². The van der Waals surface area contributed by atoms with E-state index in [9.17, 15) is 18.0 Å². The van der Waals surface area contributed by atoms with Crippen LogP contribution in [-0.4, -0.2) is 20.8 Å². The van der Waals surface area contributed by atoms with Gasteiger partial charge in [-0.1, -0.05) is 54.6 Å². The highest BCUT2D eigenvalue weighted by Gasteiger charge is 2.30. The topological polar surface area (TPSA) is 71.3 Å². The number of nitrogens with zero attached hydrogens (tertiary/aromatic N) is 3. The number of halogens is 3. The summed E-state index contributed by atoms with van der Waals surface area (Å²) in [7, 11) is 0. The second-order valence-corrected chi connectivity index (χ2v) is 8.36. The fraction of sp³-hybridized carbons (Fsp3) is 0.222. The lowest BCUT2D eigenvalue weighted by molar-refractivity contribution is -0.137. The summed E-state index contributed by atoms with van der Waals surface area (Å²) in [5.41, 5.74) is 1.77.